The molecule has 28 heavy (non-hydrogen) atoms. The van der Waals surface area contributed by atoms with Gasteiger partial charge in [-0.2, -0.15) is 0 Å². The molecule has 0 aliphatic heterocycles. The highest BCUT2D eigenvalue weighted by atomic mass is 16.6. The van der Waals surface area contributed by atoms with E-state index in [0.29, 0.717) is 23.8 Å². The number of ether oxygens (including phenoxy) is 3. The van der Waals surface area contributed by atoms with Crippen LogP contribution >= 0.6 is 0 Å². The van der Waals surface area contributed by atoms with Crippen LogP contribution in [0.15, 0.2) is 52.9 Å². The standard InChI is InChI=1S/C21H22N2O5/c1-4-13-26-18-11-7-16(8-12-18)21(24)27-14(2)19-22-23-20(28-19)15-5-9-17(25-3)10-6-15/h5-12,14H,4,13H2,1-3H3. The first-order chi connectivity index (χ1) is 13.6. The highest BCUT2D eigenvalue weighted by Gasteiger charge is 2.20. The predicted octanol–water partition coefficient (Wildman–Crippen LogP) is 4.45. The lowest BCUT2D eigenvalue weighted by Gasteiger charge is -2.10. The van der Waals surface area contributed by atoms with Crippen molar-refractivity contribution in [2.75, 3.05) is 13.7 Å². The fourth-order valence-corrected chi connectivity index (χ4v) is 2.44. The van der Waals surface area contributed by atoms with Gasteiger partial charge < -0.3 is 18.6 Å². The fraction of sp³-hybridized carbons (Fsp3) is 0.286. The molecule has 0 bridgehead atoms. The van der Waals surface area contributed by atoms with E-state index in [1.54, 1.807) is 50.4 Å². The van der Waals surface area contributed by atoms with Gasteiger partial charge in [0.1, 0.15) is 11.5 Å². The molecule has 0 radical (unpaired) electrons. The molecule has 0 aliphatic rings. The second kappa shape index (κ2) is 9.03. The Balaban J connectivity index is 1.63. The summed E-state index contributed by atoms with van der Waals surface area (Å²) >= 11 is 0. The molecular weight excluding hydrogens is 360 g/mol. The van der Waals surface area contributed by atoms with Gasteiger partial charge in [0.2, 0.25) is 5.89 Å². The summed E-state index contributed by atoms with van der Waals surface area (Å²) in [6.45, 7) is 4.35. The maximum absolute atomic E-state index is 12.3. The van der Waals surface area contributed by atoms with Gasteiger partial charge in [-0.1, -0.05) is 6.92 Å². The molecule has 146 valence electrons. The van der Waals surface area contributed by atoms with E-state index >= 15 is 0 Å². The van der Waals surface area contributed by atoms with Gasteiger partial charge in [0, 0.05) is 5.56 Å². The van der Waals surface area contributed by atoms with Crippen molar-refractivity contribution < 1.29 is 23.4 Å². The van der Waals surface area contributed by atoms with E-state index in [9.17, 15) is 4.79 Å². The molecule has 7 heteroatoms. The Hall–Kier alpha value is -3.35. The molecule has 0 N–H and O–H groups in total. The molecule has 0 fully saturated rings. The van der Waals surface area contributed by atoms with Crippen molar-refractivity contribution in [2.45, 2.75) is 26.4 Å². The van der Waals surface area contributed by atoms with E-state index in [2.05, 4.69) is 10.2 Å². The summed E-state index contributed by atoms with van der Waals surface area (Å²) in [7, 11) is 1.60. The van der Waals surface area contributed by atoms with E-state index in [-0.39, 0.29) is 5.89 Å². The number of aromatic nitrogens is 2. The van der Waals surface area contributed by atoms with E-state index in [4.69, 9.17) is 18.6 Å². The van der Waals surface area contributed by atoms with Gasteiger partial charge in [0.05, 0.1) is 19.3 Å². The summed E-state index contributed by atoms with van der Waals surface area (Å²) in [5.74, 6) is 1.54. The molecule has 7 nitrogen and oxygen atoms in total. The first-order valence-corrected chi connectivity index (χ1v) is 9.02. The quantitative estimate of drug-likeness (QED) is 0.532. The van der Waals surface area contributed by atoms with Crippen LogP contribution in [-0.4, -0.2) is 29.9 Å². The van der Waals surface area contributed by atoms with Crippen LogP contribution in [0.4, 0.5) is 0 Å². The zero-order valence-corrected chi connectivity index (χ0v) is 16.0. The number of benzene rings is 2. The Labute approximate surface area is 163 Å². The number of esters is 1. The van der Waals surface area contributed by atoms with Crippen molar-refractivity contribution in [3.05, 3.63) is 60.0 Å². The van der Waals surface area contributed by atoms with Gasteiger partial charge in [-0.25, -0.2) is 4.79 Å². The molecule has 3 aromatic rings. The smallest absolute Gasteiger partial charge is 0.338 e. The Kier molecular flexibility index (Phi) is 6.26. The normalized spacial score (nSPS) is 11.7. The van der Waals surface area contributed by atoms with Gasteiger partial charge in [0.25, 0.3) is 5.89 Å². The largest absolute Gasteiger partial charge is 0.497 e. The van der Waals surface area contributed by atoms with Gasteiger partial charge in [0.15, 0.2) is 6.10 Å². The SMILES string of the molecule is CCCOc1ccc(C(=O)OC(C)c2nnc(-c3ccc(OC)cc3)o2)cc1. The van der Waals surface area contributed by atoms with Crippen molar-refractivity contribution in [2.24, 2.45) is 0 Å². The lowest BCUT2D eigenvalue weighted by atomic mass is 10.2. The van der Waals surface area contributed by atoms with E-state index < -0.39 is 12.1 Å². The molecular formula is C21H22N2O5. The minimum atomic E-state index is -0.678. The first kappa shape index (κ1) is 19.4. The van der Waals surface area contributed by atoms with Crippen molar-refractivity contribution in [3.63, 3.8) is 0 Å². The summed E-state index contributed by atoms with van der Waals surface area (Å²) in [6.07, 6.45) is 0.243. The Morgan fingerprint density at radius 1 is 1.04 bits per heavy atom. The van der Waals surface area contributed by atoms with Crippen molar-refractivity contribution in [3.8, 4) is 23.0 Å². The second-order valence-corrected chi connectivity index (χ2v) is 6.09. The molecule has 0 amide bonds. The van der Waals surface area contributed by atoms with Crippen LogP contribution in [0.2, 0.25) is 0 Å². The van der Waals surface area contributed by atoms with Crippen LogP contribution in [0.5, 0.6) is 11.5 Å². The van der Waals surface area contributed by atoms with Crippen molar-refractivity contribution >= 4 is 5.97 Å². The van der Waals surface area contributed by atoms with E-state index in [1.807, 2.05) is 19.1 Å². The number of carbonyl (C=O) groups excluding carboxylic acids is 1. The Bertz CT molecular complexity index is 903. The highest BCUT2D eigenvalue weighted by molar-refractivity contribution is 5.89. The van der Waals surface area contributed by atoms with E-state index in [1.165, 1.54) is 0 Å². The number of methoxy groups -OCH3 is 1. The third kappa shape index (κ3) is 4.68. The summed E-state index contributed by atoms with van der Waals surface area (Å²) in [5.41, 5.74) is 1.17. The number of hydrogen-bond acceptors (Lipinski definition) is 7. The third-order valence-corrected chi connectivity index (χ3v) is 3.97. The first-order valence-electron chi connectivity index (χ1n) is 9.02. The minimum Gasteiger partial charge on any atom is -0.497 e. The highest BCUT2D eigenvalue weighted by Crippen LogP contribution is 2.25. The molecule has 0 saturated heterocycles. The molecule has 0 saturated carbocycles. The van der Waals surface area contributed by atoms with Gasteiger partial charge in [-0.05, 0) is 61.9 Å². The summed E-state index contributed by atoms with van der Waals surface area (Å²) in [6, 6.07) is 14.0. The lowest BCUT2D eigenvalue weighted by molar-refractivity contribution is 0.0280. The Morgan fingerprint density at radius 3 is 2.36 bits per heavy atom. The number of nitrogens with zero attached hydrogens (tertiary/aromatic N) is 2. The van der Waals surface area contributed by atoms with Crippen LogP contribution in [0.1, 0.15) is 42.6 Å². The molecule has 3 rings (SSSR count). The maximum Gasteiger partial charge on any atom is 0.338 e. The zero-order valence-electron chi connectivity index (χ0n) is 16.0. The molecule has 2 aromatic carbocycles. The number of hydrogen-bond donors (Lipinski definition) is 0. The molecule has 1 unspecified atom stereocenters. The lowest BCUT2D eigenvalue weighted by Crippen LogP contribution is -2.09. The minimum absolute atomic E-state index is 0.224. The van der Waals surface area contributed by atoms with E-state index in [0.717, 1.165) is 17.7 Å². The third-order valence-electron chi connectivity index (χ3n) is 3.97. The van der Waals surface area contributed by atoms with Crippen molar-refractivity contribution in [1.29, 1.82) is 0 Å². The van der Waals surface area contributed by atoms with Crippen LogP contribution in [0, 0.1) is 0 Å². The van der Waals surface area contributed by atoms with Crippen LogP contribution in [-0.2, 0) is 4.74 Å². The van der Waals surface area contributed by atoms with Gasteiger partial charge >= 0.3 is 5.97 Å². The van der Waals surface area contributed by atoms with Crippen LogP contribution < -0.4 is 9.47 Å². The summed E-state index contributed by atoms with van der Waals surface area (Å²) in [4.78, 5) is 12.3. The summed E-state index contributed by atoms with van der Waals surface area (Å²) in [5, 5.41) is 8.00. The maximum atomic E-state index is 12.3. The van der Waals surface area contributed by atoms with Gasteiger partial charge in [-0.15, -0.1) is 10.2 Å². The van der Waals surface area contributed by atoms with Gasteiger partial charge in [-0.3, -0.25) is 0 Å². The average Bonchev–Trinajstić information content (AvgIpc) is 3.23. The van der Waals surface area contributed by atoms with Crippen LogP contribution in [0.25, 0.3) is 11.5 Å². The summed E-state index contributed by atoms with van der Waals surface area (Å²) < 4.78 is 21.7. The monoisotopic (exact) mass is 382 g/mol. The number of carbonyl (C=O) groups is 1. The molecule has 0 spiro atoms. The van der Waals surface area contributed by atoms with Crippen LogP contribution in [0.3, 0.4) is 0 Å². The Morgan fingerprint density at radius 2 is 1.71 bits per heavy atom. The topological polar surface area (TPSA) is 83.7 Å². The molecule has 0 aliphatic carbocycles. The molecule has 1 atom stereocenters. The molecule has 1 heterocycles. The number of rotatable bonds is 8. The second-order valence-electron chi connectivity index (χ2n) is 6.09. The molecule has 1 aromatic heterocycles. The predicted molar refractivity (Wildman–Crippen MR) is 102 cm³/mol. The zero-order chi connectivity index (χ0) is 19.9. The van der Waals surface area contributed by atoms with Crippen molar-refractivity contribution in [1.82, 2.24) is 10.2 Å². The fourth-order valence-electron chi connectivity index (χ4n) is 2.44. The average molecular weight is 382 g/mol.